The second-order valence-electron chi connectivity index (χ2n) is 8.05. The molecule has 1 aliphatic rings. The number of aromatic nitrogens is 3. The van der Waals surface area contributed by atoms with Crippen LogP contribution in [0.2, 0.25) is 0 Å². The number of pyridine rings is 1. The third kappa shape index (κ3) is 7.46. The number of fused-ring (bicyclic) bond motifs is 1. The number of rotatable bonds is 10. The molecule has 6 heteroatoms. The molecule has 2 aromatic heterocycles. The zero-order chi connectivity index (χ0) is 21.9. The predicted octanol–water partition coefficient (Wildman–Crippen LogP) is 4.93. The molecule has 0 bridgehead atoms. The third-order valence-corrected chi connectivity index (χ3v) is 5.54. The summed E-state index contributed by atoms with van der Waals surface area (Å²) < 4.78 is 5.13. The van der Waals surface area contributed by atoms with E-state index < -0.39 is 0 Å². The van der Waals surface area contributed by atoms with Gasteiger partial charge >= 0.3 is 5.97 Å². The van der Waals surface area contributed by atoms with Crippen LogP contribution in [0.3, 0.4) is 0 Å². The Hall–Kier alpha value is -2.76. The molecule has 166 valence electrons. The van der Waals surface area contributed by atoms with Crippen molar-refractivity contribution in [1.29, 1.82) is 0 Å². The fourth-order valence-corrected chi connectivity index (χ4v) is 3.79. The molecule has 2 aromatic rings. The highest BCUT2D eigenvalue weighted by Crippen LogP contribution is 2.22. The Morgan fingerprint density at radius 1 is 1.23 bits per heavy atom. The number of ether oxygens (including phenoxy) is 1. The molecule has 0 amide bonds. The number of unbranched alkanes of at least 4 members (excludes halogenated alkanes) is 2. The van der Waals surface area contributed by atoms with E-state index in [2.05, 4.69) is 39.6 Å². The fraction of sp³-hybridized carbons (Fsp3) is 0.520. The van der Waals surface area contributed by atoms with Gasteiger partial charge in [0.15, 0.2) is 0 Å². The van der Waals surface area contributed by atoms with Crippen LogP contribution in [-0.4, -0.2) is 34.1 Å². The number of hydrogen-bond donors (Lipinski definition) is 1. The highest BCUT2D eigenvalue weighted by Gasteiger charge is 2.15. The maximum Gasteiger partial charge on any atom is 0.306 e. The van der Waals surface area contributed by atoms with Crippen molar-refractivity contribution in [3.05, 3.63) is 59.3 Å². The first kappa shape index (κ1) is 22.9. The molecule has 0 saturated carbocycles. The average Bonchev–Trinajstić information content (AvgIpc) is 3.01. The zero-order valence-electron chi connectivity index (χ0n) is 18.8. The molecule has 1 atom stereocenters. The number of hydrogen-bond acceptors (Lipinski definition) is 6. The van der Waals surface area contributed by atoms with Gasteiger partial charge in [0, 0.05) is 30.6 Å². The van der Waals surface area contributed by atoms with Gasteiger partial charge in [-0.1, -0.05) is 18.2 Å². The summed E-state index contributed by atoms with van der Waals surface area (Å²) in [7, 11) is 0. The van der Waals surface area contributed by atoms with Crippen molar-refractivity contribution in [2.45, 2.75) is 71.1 Å². The second kappa shape index (κ2) is 12.2. The lowest BCUT2D eigenvalue weighted by molar-refractivity contribution is -0.143. The largest absolute Gasteiger partial charge is 0.466 e. The molecule has 1 unspecified atom stereocenters. The number of nitrogens with one attached hydrogen (secondary N) is 1. The van der Waals surface area contributed by atoms with Gasteiger partial charge in [0.2, 0.25) is 0 Å². The lowest BCUT2D eigenvalue weighted by atomic mass is 9.97. The average molecular weight is 423 g/mol. The van der Waals surface area contributed by atoms with Crippen LogP contribution in [0.15, 0.2) is 36.7 Å². The first-order valence-corrected chi connectivity index (χ1v) is 11.5. The summed E-state index contributed by atoms with van der Waals surface area (Å²) in [5.41, 5.74) is 3.45. The summed E-state index contributed by atoms with van der Waals surface area (Å²) in [5, 5.41) is 3.46. The zero-order valence-corrected chi connectivity index (χ0v) is 18.8. The van der Waals surface area contributed by atoms with E-state index in [1.165, 1.54) is 18.4 Å². The van der Waals surface area contributed by atoms with E-state index in [1.54, 1.807) is 12.4 Å². The van der Waals surface area contributed by atoms with E-state index in [9.17, 15) is 4.79 Å². The lowest BCUT2D eigenvalue weighted by Crippen LogP contribution is -2.10. The van der Waals surface area contributed by atoms with Crippen molar-refractivity contribution in [1.82, 2.24) is 15.0 Å². The normalized spacial score (nSPS) is 14.5. The van der Waals surface area contributed by atoms with E-state index in [-0.39, 0.29) is 11.9 Å². The Morgan fingerprint density at radius 3 is 2.87 bits per heavy atom. The van der Waals surface area contributed by atoms with Crippen LogP contribution in [-0.2, 0) is 22.4 Å². The van der Waals surface area contributed by atoms with E-state index in [0.717, 1.165) is 61.5 Å². The Kier molecular flexibility index (Phi) is 9.00. The smallest absolute Gasteiger partial charge is 0.306 e. The van der Waals surface area contributed by atoms with Crippen molar-refractivity contribution in [3.63, 3.8) is 0 Å². The first-order chi connectivity index (χ1) is 15.2. The van der Waals surface area contributed by atoms with Gasteiger partial charge in [-0.05, 0) is 76.0 Å². The van der Waals surface area contributed by atoms with Crippen molar-refractivity contribution < 1.29 is 9.53 Å². The summed E-state index contributed by atoms with van der Waals surface area (Å²) in [4.78, 5) is 25.4. The van der Waals surface area contributed by atoms with E-state index in [1.807, 2.05) is 13.8 Å². The number of aryl methyl sites for hydroxylation is 3. The van der Waals surface area contributed by atoms with Gasteiger partial charge in [0.25, 0.3) is 0 Å². The minimum Gasteiger partial charge on any atom is -0.466 e. The van der Waals surface area contributed by atoms with Crippen LogP contribution < -0.4 is 5.32 Å². The molecule has 1 aliphatic heterocycles. The second-order valence-corrected chi connectivity index (χ2v) is 8.05. The number of allylic oxidation sites excluding steroid dienone is 2. The third-order valence-electron chi connectivity index (χ3n) is 5.54. The summed E-state index contributed by atoms with van der Waals surface area (Å²) >= 11 is 0. The Labute approximate surface area is 185 Å². The number of carbonyl (C=O) groups excluding carboxylic acids is 1. The number of carbonyl (C=O) groups is 1. The number of anilines is 1. The highest BCUT2D eigenvalue weighted by atomic mass is 16.5. The summed E-state index contributed by atoms with van der Waals surface area (Å²) in [6.45, 7) is 5.10. The van der Waals surface area contributed by atoms with Crippen LogP contribution in [0.5, 0.6) is 0 Å². The molecule has 1 N–H and O–H groups in total. The molecule has 3 heterocycles. The first-order valence-electron chi connectivity index (χ1n) is 11.5. The summed E-state index contributed by atoms with van der Waals surface area (Å²) in [6.07, 6.45) is 15.9. The molecule has 0 spiro atoms. The molecule has 31 heavy (non-hydrogen) atoms. The number of esters is 1. The van der Waals surface area contributed by atoms with Gasteiger partial charge in [-0.25, -0.2) is 15.0 Å². The topological polar surface area (TPSA) is 77.0 Å². The van der Waals surface area contributed by atoms with Gasteiger partial charge in [-0.2, -0.15) is 0 Å². The summed E-state index contributed by atoms with van der Waals surface area (Å²) in [6, 6.07) is 4.41. The van der Waals surface area contributed by atoms with Crippen LogP contribution in [0.1, 0.15) is 74.0 Å². The van der Waals surface area contributed by atoms with Crippen molar-refractivity contribution in [3.8, 4) is 0 Å². The quantitative estimate of drug-likeness (QED) is 0.332. The Bertz CT molecular complexity index is 864. The number of nitrogens with zero attached hydrogens (tertiary/aromatic N) is 3. The Morgan fingerprint density at radius 2 is 2.06 bits per heavy atom. The molecular formula is C25H34N4O2. The van der Waals surface area contributed by atoms with Crippen LogP contribution >= 0.6 is 0 Å². The van der Waals surface area contributed by atoms with Crippen molar-refractivity contribution >= 4 is 11.8 Å². The maximum atomic E-state index is 12.0. The van der Waals surface area contributed by atoms with Crippen LogP contribution in [0.4, 0.5) is 5.82 Å². The van der Waals surface area contributed by atoms with E-state index in [0.29, 0.717) is 13.0 Å². The van der Waals surface area contributed by atoms with Crippen molar-refractivity contribution in [2.75, 3.05) is 18.5 Å². The standard InChI is InChI=1S/C25H34N4O2/c1-3-31-24(30)16-21(22-17-27-19(2)28-18-22)11-6-4-5-7-12-23-14-13-20-10-8-9-15-26-25(20)29-23/h6,11,13-14,17-18,21H,3-5,7-10,12,15-16H2,1-2H3,(H,26,29)/b11-6+. The minimum atomic E-state index is -0.194. The van der Waals surface area contributed by atoms with Crippen LogP contribution in [0.25, 0.3) is 0 Å². The molecule has 0 saturated heterocycles. The molecule has 6 nitrogen and oxygen atoms in total. The SMILES string of the molecule is CCOC(=O)CC(/C=C/CCCCc1ccc2c(n1)NCCCC2)c1cnc(C)nc1. The molecule has 0 radical (unpaired) electrons. The van der Waals surface area contributed by atoms with E-state index in [4.69, 9.17) is 9.72 Å². The molecule has 0 aromatic carbocycles. The molecule has 0 aliphatic carbocycles. The molecule has 0 fully saturated rings. The minimum absolute atomic E-state index is 0.0584. The lowest BCUT2D eigenvalue weighted by Gasteiger charge is -2.12. The van der Waals surface area contributed by atoms with E-state index >= 15 is 0 Å². The highest BCUT2D eigenvalue weighted by molar-refractivity contribution is 5.71. The maximum absolute atomic E-state index is 12.0. The van der Waals surface area contributed by atoms with Crippen LogP contribution in [0, 0.1) is 6.92 Å². The van der Waals surface area contributed by atoms with Crippen molar-refractivity contribution in [2.24, 2.45) is 0 Å². The van der Waals surface area contributed by atoms with Gasteiger partial charge in [0.05, 0.1) is 13.0 Å². The monoisotopic (exact) mass is 422 g/mol. The van der Waals surface area contributed by atoms with Gasteiger partial charge in [-0.3, -0.25) is 4.79 Å². The summed E-state index contributed by atoms with van der Waals surface area (Å²) in [5.74, 6) is 1.55. The predicted molar refractivity (Wildman–Crippen MR) is 123 cm³/mol. The van der Waals surface area contributed by atoms with Gasteiger partial charge in [0.1, 0.15) is 11.6 Å². The van der Waals surface area contributed by atoms with Gasteiger partial charge < -0.3 is 10.1 Å². The fourth-order valence-electron chi connectivity index (χ4n) is 3.79. The Balaban J connectivity index is 1.48. The molecular weight excluding hydrogens is 388 g/mol. The van der Waals surface area contributed by atoms with Gasteiger partial charge in [-0.15, -0.1) is 0 Å². The molecule has 3 rings (SSSR count).